The highest BCUT2D eigenvalue weighted by Gasteiger charge is 2.47. The third kappa shape index (κ3) is 45.8. The summed E-state index contributed by atoms with van der Waals surface area (Å²) in [5.41, 5.74) is 0. The minimum atomic E-state index is -1.64. The number of hydrogen-bond acceptors (Lipinski definition) is 10. The first kappa shape index (κ1) is 77.6. The monoisotopic (exact) mass is 1170 g/mol. The molecule has 476 valence electrons. The van der Waals surface area contributed by atoms with Crippen LogP contribution in [-0.4, -0.2) is 99.6 Å². The maximum absolute atomic E-state index is 13.4. The van der Waals surface area contributed by atoms with Gasteiger partial charge in [-0.3, -0.25) is 9.59 Å². The minimum absolute atomic E-state index is 0.0960. The Bertz CT molecular complexity index is 1920. The Labute approximate surface area is 511 Å². The van der Waals surface area contributed by atoms with E-state index in [1.807, 2.05) is 12.2 Å². The largest absolute Gasteiger partial charge is 0.454 e. The van der Waals surface area contributed by atoms with Crippen LogP contribution < -0.4 is 5.32 Å². The highest BCUT2D eigenvalue weighted by molar-refractivity contribution is 5.80. The lowest BCUT2D eigenvalue weighted by Crippen LogP contribution is -2.61. The predicted octanol–water partition coefficient (Wildman–Crippen LogP) is 16.6. The zero-order chi connectivity index (χ0) is 61.0. The number of carbonyl (C=O) groups is 2. The number of esters is 1. The smallest absolute Gasteiger partial charge is 0.306 e. The van der Waals surface area contributed by atoms with Crippen molar-refractivity contribution in [3.8, 4) is 0 Å². The predicted molar refractivity (Wildman–Crippen MR) is 351 cm³/mol. The van der Waals surface area contributed by atoms with Gasteiger partial charge in [0.25, 0.3) is 0 Å². The van der Waals surface area contributed by atoms with E-state index in [-0.39, 0.29) is 19.4 Å². The normalized spacial score (nSPS) is 19.5. The molecule has 11 nitrogen and oxygen atoms in total. The summed E-state index contributed by atoms with van der Waals surface area (Å²) in [5.74, 6) is -1.26. The maximum atomic E-state index is 13.4. The van der Waals surface area contributed by atoms with Crippen LogP contribution in [0.3, 0.4) is 0 Å². The van der Waals surface area contributed by atoms with Gasteiger partial charge in [-0.25, -0.2) is 0 Å². The SMILES string of the molecule is CC/C=C\C/C=C\C/C=C\C/C=C\C/C=C\C/C=C\CCCC(O)C(=O)NC(COC1OC(CO)C(O)C(O)C1OC(=O)CCCCCCCCC/C=C\C/C=C\C/C=C\C/C=C\C/C=C\CC)C(O)/C=C/CCCCCCCCCCCC. The lowest BCUT2D eigenvalue weighted by atomic mass is 9.99. The topological polar surface area (TPSA) is 175 Å². The van der Waals surface area contributed by atoms with E-state index in [0.29, 0.717) is 19.3 Å². The van der Waals surface area contributed by atoms with Crippen LogP contribution in [-0.2, 0) is 23.8 Å². The quantitative estimate of drug-likeness (QED) is 0.0195. The summed E-state index contributed by atoms with van der Waals surface area (Å²) in [5, 5.41) is 57.1. The van der Waals surface area contributed by atoms with Gasteiger partial charge >= 0.3 is 5.97 Å². The molecule has 0 spiro atoms. The van der Waals surface area contributed by atoms with Gasteiger partial charge in [0.1, 0.15) is 24.4 Å². The zero-order valence-electron chi connectivity index (χ0n) is 52.7. The highest BCUT2D eigenvalue weighted by Crippen LogP contribution is 2.26. The molecule has 0 aromatic carbocycles. The van der Waals surface area contributed by atoms with E-state index in [1.165, 1.54) is 44.9 Å². The van der Waals surface area contributed by atoms with Gasteiger partial charge in [-0.2, -0.15) is 0 Å². The van der Waals surface area contributed by atoms with Gasteiger partial charge < -0.3 is 45.1 Å². The van der Waals surface area contributed by atoms with Gasteiger partial charge in [0, 0.05) is 6.42 Å². The van der Waals surface area contributed by atoms with Crippen LogP contribution in [0.25, 0.3) is 0 Å². The lowest BCUT2D eigenvalue weighted by Gasteiger charge is -2.41. The van der Waals surface area contributed by atoms with E-state index in [2.05, 4.69) is 154 Å². The van der Waals surface area contributed by atoms with E-state index in [0.717, 1.165) is 141 Å². The summed E-state index contributed by atoms with van der Waals surface area (Å²) in [6, 6.07) is -1.06. The van der Waals surface area contributed by atoms with Crippen molar-refractivity contribution in [1.29, 1.82) is 0 Å². The molecule has 0 aromatic heterocycles. The molecule has 0 radical (unpaired) electrons. The Morgan fingerprint density at radius 2 is 0.857 bits per heavy atom. The fraction of sp³-hybridized carbons (Fsp3) is 0.644. The van der Waals surface area contributed by atoms with Crippen molar-refractivity contribution in [2.24, 2.45) is 0 Å². The maximum Gasteiger partial charge on any atom is 0.306 e. The van der Waals surface area contributed by atoms with Gasteiger partial charge in [0.15, 0.2) is 12.4 Å². The fourth-order valence-corrected chi connectivity index (χ4v) is 9.33. The zero-order valence-corrected chi connectivity index (χ0v) is 52.7. The van der Waals surface area contributed by atoms with E-state index in [9.17, 15) is 35.1 Å². The Balaban J connectivity index is 2.68. The Hall–Kier alpha value is -4.46. The second-order valence-electron chi connectivity index (χ2n) is 22.1. The molecule has 0 aromatic rings. The number of nitrogens with one attached hydrogen (secondary N) is 1. The van der Waals surface area contributed by atoms with Crippen LogP contribution >= 0.6 is 0 Å². The number of allylic oxidation sites excluding steroid dienone is 23. The molecule has 84 heavy (non-hydrogen) atoms. The van der Waals surface area contributed by atoms with Crippen LogP contribution in [0.5, 0.6) is 0 Å². The molecule has 1 saturated heterocycles. The van der Waals surface area contributed by atoms with Crippen molar-refractivity contribution in [3.63, 3.8) is 0 Å². The Morgan fingerprint density at radius 3 is 1.29 bits per heavy atom. The third-order valence-electron chi connectivity index (χ3n) is 14.5. The van der Waals surface area contributed by atoms with Crippen LogP contribution in [0.4, 0.5) is 0 Å². The molecule has 11 heteroatoms. The Kier molecular flexibility index (Phi) is 54.4. The van der Waals surface area contributed by atoms with Gasteiger partial charge in [-0.1, -0.05) is 256 Å². The highest BCUT2D eigenvalue weighted by atomic mass is 16.7. The summed E-state index contributed by atoms with van der Waals surface area (Å²) in [7, 11) is 0. The van der Waals surface area contributed by atoms with E-state index in [1.54, 1.807) is 6.08 Å². The molecule has 1 heterocycles. The second kappa shape index (κ2) is 58.9. The van der Waals surface area contributed by atoms with Gasteiger partial charge in [-0.15, -0.1) is 0 Å². The number of carbonyl (C=O) groups excluding carboxylic acids is 2. The van der Waals surface area contributed by atoms with Crippen LogP contribution in [0.15, 0.2) is 146 Å². The van der Waals surface area contributed by atoms with Crippen molar-refractivity contribution in [2.75, 3.05) is 13.2 Å². The Morgan fingerprint density at radius 1 is 0.476 bits per heavy atom. The van der Waals surface area contributed by atoms with Crippen molar-refractivity contribution in [3.05, 3.63) is 146 Å². The summed E-state index contributed by atoms with van der Waals surface area (Å²) in [4.78, 5) is 26.6. The molecule has 8 unspecified atom stereocenters. The molecule has 6 N–H and O–H groups in total. The summed E-state index contributed by atoms with van der Waals surface area (Å²) in [6.45, 7) is 5.52. The number of ether oxygens (including phenoxy) is 3. The average molecular weight is 1170 g/mol. The van der Waals surface area contributed by atoms with E-state index >= 15 is 0 Å². The average Bonchev–Trinajstić information content (AvgIpc) is 3.52. The standard InChI is InChI=1S/C73H119NO10/c1-4-7-10-13-16-19-22-25-27-29-31-33-34-35-37-39-41-43-46-49-52-55-58-61-68(78)84-71-70(80)69(79)67(62-75)83-73(71)82-63-64(65(76)59-56-53-50-47-44-24-21-18-15-12-9-6-3)74-72(81)66(77)60-57-54-51-48-45-42-40-38-36-32-30-28-26-23-20-17-14-11-8-5-2/h7-8,10-11,16-17,19-20,25-28,31-33,35-37,40,42,48,51,56,59,64-67,69-71,73,75-77,79-80H,4-6,9,12-15,18,21-24,29-30,34,38-39,41,43-47,49-50,52-55,57-58,60-63H2,1-3H3,(H,74,81)/b10-7-,11-8-,19-16-,20-17-,27-25-,28-26-,33-31-,36-32-,37-35-,42-40-,51-48-,59-56+. The molecule has 1 amide bonds. The number of unbranched alkanes of at least 4 members (excludes halogenated alkanes) is 18. The van der Waals surface area contributed by atoms with Gasteiger partial charge in [0.05, 0.1) is 25.4 Å². The summed E-state index contributed by atoms with van der Waals surface area (Å²) >= 11 is 0. The van der Waals surface area contributed by atoms with Crippen molar-refractivity contribution >= 4 is 11.9 Å². The third-order valence-corrected chi connectivity index (χ3v) is 14.5. The first-order chi connectivity index (χ1) is 41.2. The van der Waals surface area contributed by atoms with Crippen molar-refractivity contribution in [2.45, 2.75) is 288 Å². The molecular formula is C73H119NO10. The lowest BCUT2D eigenvalue weighted by molar-refractivity contribution is -0.305. The van der Waals surface area contributed by atoms with E-state index in [4.69, 9.17) is 14.2 Å². The fourth-order valence-electron chi connectivity index (χ4n) is 9.33. The van der Waals surface area contributed by atoms with Crippen molar-refractivity contribution in [1.82, 2.24) is 5.32 Å². The minimum Gasteiger partial charge on any atom is -0.454 e. The number of hydrogen-bond donors (Lipinski definition) is 6. The first-order valence-electron chi connectivity index (χ1n) is 33.1. The van der Waals surface area contributed by atoms with Crippen molar-refractivity contribution < 1.29 is 49.3 Å². The molecule has 1 aliphatic heterocycles. The molecule has 0 aliphatic carbocycles. The van der Waals surface area contributed by atoms with Gasteiger partial charge in [0.2, 0.25) is 5.91 Å². The first-order valence-corrected chi connectivity index (χ1v) is 33.1. The van der Waals surface area contributed by atoms with Crippen LogP contribution in [0.1, 0.15) is 239 Å². The molecule has 1 rings (SSSR count). The molecule has 1 fully saturated rings. The molecule has 8 atom stereocenters. The summed E-state index contributed by atoms with van der Waals surface area (Å²) in [6.07, 6.45) is 74.5. The second-order valence-corrected chi connectivity index (χ2v) is 22.1. The van der Waals surface area contributed by atoms with Crippen LogP contribution in [0.2, 0.25) is 0 Å². The van der Waals surface area contributed by atoms with E-state index < -0.39 is 67.4 Å². The van der Waals surface area contributed by atoms with Crippen LogP contribution in [0, 0.1) is 0 Å². The summed E-state index contributed by atoms with van der Waals surface area (Å²) < 4.78 is 17.6. The number of aliphatic hydroxyl groups is 5. The molecule has 1 aliphatic rings. The molecule has 0 saturated carbocycles. The molecular weight excluding hydrogens is 1050 g/mol. The number of amides is 1. The number of aliphatic hydroxyl groups excluding tert-OH is 5. The number of rotatable bonds is 54. The van der Waals surface area contributed by atoms with Gasteiger partial charge in [-0.05, 0) is 122 Å². The molecule has 0 bridgehead atoms.